The van der Waals surface area contributed by atoms with Crippen LogP contribution in [0.1, 0.15) is 31.1 Å². The third-order valence-corrected chi connectivity index (χ3v) is 5.73. The average Bonchev–Trinajstić information content (AvgIpc) is 2.35. The number of hydrogen-bond acceptors (Lipinski definition) is 5. The van der Waals surface area contributed by atoms with Crippen LogP contribution in [0.25, 0.3) is 0 Å². The van der Waals surface area contributed by atoms with E-state index in [0.29, 0.717) is 0 Å². The molecule has 0 aromatic heterocycles. The number of hydrogen-bond donors (Lipinski definition) is 0. The molecular weight excluding hydrogens is 302 g/mol. The highest BCUT2D eigenvalue weighted by Crippen LogP contribution is 2.28. The number of nitrogens with zero attached hydrogens (tertiary/aromatic N) is 1. The van der Waals surface area contributed by atoms with Crippen molar-refractivity contribution in [1.82, 2.24) is 0 Å². The van der Waals surface area contributed by atoms with Crippen LogP contribution in [-0.4, -0.2) is 26.0 Å². The lowest BCUT2D eigenvalue weighted by molar-refractivity contribution is -0.385. The van der Waals surface area contributed by atoms with Crippen molar-refractivity contribution >= 4 is 20.0 Å². The van der Waals surface area contributed by atoms with E-state index in [1.165, 1.54) is 18.2 Å². The summed E-state index contributed by atoms with van der Waals surface area (Å²) in [5, 5.41) is 10.9. The maximum Gasteiger partial charge on any atom is 0.347 e. The Hall–Kier alpha value is -1.73. The van der Waals surface area contributed by atoms with Crippen LogP contribution in [0.15, 0.2) is 24.3 Å². The molecule has 6 nitrogen and oxygen atoms in total. The molecule has 122 valence electrons. The number of benzene rings is 1. The van der Waals surface area contributed by atoms with E-state index in [9.17, 15) is 14.9 Å². The zero-order valence-electron chi connectivity index (χ0n) is 13.7. The second-order valence-corrected chi connectivity index (χ2v) is 11.1. The summed E-state index contributed by atoms with van der Waals surface area (Å²) in [6, 6.07) is 6.63. The van der Waals surface area contributed by atoms with Gasteiger partial charge in [-0.05, 0) is 30.6 Å². The molecule has 0 spiro atoms. The van der Waals surface area contributed by atoms with Gasteiger partial charge < -0.3 is 9.16 Å². The van der Waals surface area contributed by atoms with Crippen LogP contribution in [0.2, 0.25) is 19.1 Å². The highest BCUT2D eigenvalue weighted by Gasteiger charge is 2.30. The lowest BCUT2D eigenvalue weighted by atomic mass is 10.0. The van der Waals surface area contributed by atoms with Crippen LogP contribution < -0.4 is 0 Å². The molecule has 22 heavy (non-hydrogen) atoms. The molecular formula is C15H23NO5Si. The number of para-hydroxylation sites is 1. The van der Waals surface area contributed by atoms with Gasteiger partial charge in [-0.15, -0.1) is 0 Å². The lowest BCUT2D eigenvalue weighted by Gasteiger charge is -2.30. The molecule has 7 heteroatoms. The summed E-state index contributed by atoms with van der Waals surface area (Å²) < 4.78 is 10.8. The molecule has 0 bridgehead atoms. The standard InChI is InChI=1S/C15H23NO5Si/c1-15(2,3)10-22(4,5)21-11-20-14(17)12-8-6-7-9-13(12)16(18)19/h6-9H,10-11H2,1-5H3. The number of rotatable bonds is 6. The monoisotopic (exact) mass is 325 g/mol. The van der Waals surface area contributed by atoms with Crippen molar-refractivity contribution in [2.75, 3.05) is 6.79 Å². The van der Waals surface area contributed by atoms with Crippen LogP contribution >= 0.6 is 0 Å². The Balaban J connectivity index is 2.63. The third-order valence-electron chi connectivity index (χ3n) is 2.92. The zero-order chi connectivity index (χ0) is 17.0. The lowest BCUT2D eigenvalue weighted by Crippen LogP contribution is -2.36. The molecule has 1 rings (SSSR count). The van der Waals surface area contributed by atoms with Crippen molar-refractivity contribution in [2.24, 2.45) is 5.41 Å². The van der Waals surface area contributed by atoms with Gasteiger partial charge in [0.05, 0.1) is 4.92 Å². The maximum atomic E-state index is 11.9. The molecule has 0 unspecified atom stereocenters. The van der Waals surface area contributed by atoms with Gasteiger partial charge in [-0.2, -0.15) is 0 Å². The fraction of sp³-hybridized carbons (Fsp3) is 0.533. The molecule has 0 saturated carbocycles. The van der Waals surface area contributed by atoms with Crippen LogP contribution in [0, 0.1) is 15.5 Å². The quantitative estimate of drug-likeness (QED) is 0.260. The van der Waals surface area contributed by atoms with Gasteiger partial charge in [0.15, 0.2) is 15.1 Å². The third kappa shape index (κ3) is 5.95. The summed E-state index contributed by atoms with van der Waals surface area (Å²) in [5.74, 6) is -0.743. The first kappa shape index (κ1) is 18.3. The van der Waals surface area contributed by atoms with Crippen molar-refractivity contribution in [3.63, 3.8) is 0 Å². The second-order valence-electron chi connectivity index (χ2n) is 6.97. The SMILES string of the molecule is CC(C)(C)C[Si](C)(C)OCOC(=O)c1ccccc1[N+](=O)[O-]. The first-order chi connectivity index (χ1) is 10.0. The van der Waals surface area contributed by atoms with Crippen LogP contribution in [0.4, 0.5) is 5.69 Å². The van der Waals surface area contributed by atoms with Crippen molar-refractivity contribution in [3.8, 4) is 0 Å². The molecule has 0 radical (unpaired) electrons. The number of esters is 1. The van der Waals surface area contributed by atoms with Gasteiger partial charge in [-0.3, -0.25) is 10.1 Å². The van der Waals surface area contributed by atoms with Crippen molar-refractivity contribution in [3.05, 3.63) is 39.9 Å². The first-order valence-corrected chi connectivity index (χ1v) is 10.2. The highest BCUT2D eigenvalue weighted by molar-refractivity contribution is 6.71. The minimum absolute atomic E-state index is 0.0635. The van der Waals surface area contributed by atoms with E-state index in [4.69, 9.17) is 9.16 Å². The molecule has 1 aromatic carbocycles. The fourth-order valence-electron chi connectivity index (χ4n) is 2.45. The summed E-state index contributed by atoms with van der Waals surface area (Å²) in [7, 11) is -1.95. The topological polar surface area (TPSA) is 78.7 Å². The molecule has 0 heterocycles. The van der Waals surface area contributed by atoms with Gasteiger partial charge in [-0.25, -0.2) is 4.79 Å². The summed E-state index contributed by atoms with van der Waals surface area (Å²) in [6.07, 6.45) is 0. The van der Waals surface area contributed by atoms with Crippen LogP contribution in [0.5, 0.6) is 0 Å². The van der Waals surface area contributed by atoms with E-state index in [-0.39, 0.29) is 23.5 Å². The van der Waals surface area contributed by atoms with Crippen LogP contribution in [0.3, 0.4) is 0 Å². The molecule has 0 amide bonds. The highest BCUT2D eigenvalue weighted by atomic mass is 28.4. The normalized spacial score (nSPS) is 12.0. The van der Waals surface area contributed by atoms with E-state index in [1.54, 1.807) is 6.07 Å². The van der Waals surface area contributed by atoms with Gasteiger partial charge >= 0.3 is 5.97 Å². The fourth-order valence-corrected chi connectivity index (χ4v) is 5.49. The molecule has 0 atom stereocenters. The van der Waals surface area contributed by atoms with E-state index in [0.717, 1.165) is 6.04 Å². The van der Waals surface area contributed by atoms with Gasteiger partial charge in [0.2, 0.25) is 0 Å². The molecule has 0 fully saturated rings. The Morgan fingerprint density at radius 2 is 1.86 bits per heavy atom. The summed E-state index contributed by atoms with van der Waals surface area (Å²) in [5.41, 5.74) is -0.192. The molecule has 0 aliphatic heterocycles. The van der Waals surface area contributed by atoms with E-state index in [2.05, 4.69) is 33.9 Å². The Bertz CT molecular complexity index is 551. The number of ether oxygens (including phenoxy) is 1. The number of carbonyl (C=O) groups is 1. The molecule has 0 aliphatic carbocycles. The zero-order valence-corrected chi connectivity index (χ0v) is 14.7. The average molecular weight is 325 g/mol. The molecule has 1 aromatic rings. The molecule has 0 saturated heterocycles. The summed E-state index contributed by atoms with van der Waals surface area (Å²) in [6.45, 7) is 10.3. The Kier molecular flexibility index (Phi) is 5.84. The van der Waals surface area contributed by atoms with E-state index >= 15 is 0 Å². The number of nitro benzene ring substituents is 1. The van der Waals surface area contributed by atoms with E-state index < -0.39 is 19.2 Å². The van der Waals surface area contributed by atoms with E-state index in [1.807, 2.05) is 0 Å². The minimum atomic E-state index is -1.95. The Morgan fingerprint density at radius 3 is 2.41 bits per heavy atom. The van der Waals surface area contributed by atoms with Gasteiger partial charge in [0, 0.05) is 6.07 Å². The predicted molar refractivity (Wildman–Crippen MR) is 86.2 cm³/mol. The van der Waals surface area contributed by atoms with Crippen molar-refractivity contribution in [1.29, 1.82) is 0 Å². The Labute approximate surface area is 131 Å². The maximum absolute atomic E-state index is 11.9. The Morgan fingerprint density at radius 1 is 1.27 bits per heavy atom. The van der Waals surface area contributed by atoms with Gasteiger partial charge in [0.1, 0.15) is 5.56 Å². The minimum Gasteiger partial charge on any atom is -0.436 e. The van der Waals surface area contributed by atoms with Crippen LogP contribution in [-0.2, 0) is 9.16 Å². The number of carbonyl (C=O) groups excluding carboxylic acids is 1. The largest absolute Gasteiger partial charge is 0.436 e. The van der Waals surface area contributed by atoms with Gasteiger partial charge in [0.25, 0.3) is 5.69 Å². The summed E-state index contributed by atoms with van der Waals surface area (Å²) in [4.78, 5) is 22.2. The van der Waals surface area contributed by atoms with Gasteiger partial charge in [-0.1, -0.05) is 32.9 Å². The van der Waals surface area contributed by atoms with Crippen molar-refractivity contribution in [2.45, 2.75) is 39.9 Å². The molecule has 0 N–H and O–H groups in total. The summed E-state index contributed by atoms with van der Waals surface area (Å²) >= 11 is 0. The first-order valence-electron chi connectivity index (χ1n) is 7.06. The molecule has 0 aliphatic rings. The smallest absolute Gasteiger partial charge is 0.347 e. The number of nitro groups is 1. The second kappa shape index (κ2) is 7.02. The van der Waals surface area contributed by atoms with Crippen molar-refractivity contribution < 1.29 is 18.9 Å². The predicted octanol–water partition coefficient (Wildman–Crippen LogP) is 3.98.